The fourth-order valence-electron chi connectivity index (χ4n) is 1.38. The maximum atomic E-state index is 11.8. The Morgan fingerprint density at radius 3 is 2.61 bits per heavy atom. The van der Waals surface area contributed by atoms with Crippen molar-refractivity contribution < 1.29 is 15.0 Å². The van der Waals surface area contributed by atoms with Crippen LogP contribution in [0.4, 0.5) is 0 Å². The third kappa shape index (κ3) is 2.94. The van der Waals surface area contributed by atoms with Gasteiger partial charge in [-0.2, -0.15) is 0 Å². The Hall–Kier alpha value is -1.72. The number of thiophene rings is 1. The molecule has 0 unspecified atom stereocenters. The van der Waals surface area contributed by atoms with Gasteiger partial charge in [-0.05, 0) is 30.3 Å². The minimum Gasteiger partial charge on any atom is -0.504 e. The highest BCUT2D eigenvalue weighted by Gasteiger charge is 2.09. The quantitative estimate of drug-likeness (QED) is 0.759. The zero-order valence-electron chi connectivity index (χ0n) is 9.18. The van der Waals surface area contributed by atoms with Gasteiger partial charge in [0.25, 0.3) is 5.91 Å². The summed E-state index contributed by atoms with van der Waals surface area (Å²) in [6.45, 7) is 0.373. The van der Waals surface area contributed by atoms with Crippen LogP contribution in [-0.2, 0) is 6.54 Å². The largest absolute Gasteiger partial charge is 0.504 e. The monoisotopic (exact) mass is 283 g/mol. The Morgan fingerprint density at radius 1 is 1.22 bits per heavy atom. The molecule has 0 aliphatic rings. The van der Waals surface area contributed by atoms with E-state index in [1.54, 1.807) is 6.07 Å². The molecular weight excluding hydrogens is 274 g/mol. The predicted molar refractivity (Wildman–Crippen MR) is 70.3 cm³/mol. The number of phenols is 2. The first-order valence-electron chi connectivity index (χ1n) is 5.10. The van der Waals surface area contributed by atoms with Gasteiger partial charge >= 0.3 is 0 Å². The third-order valence-corrected chi connectivity index (χ3v) is 3.52. The molecule has 94 valence electrons. The normalized spacial score (nSPS) is 10.3. The topological polar surface area (TPSA) is 69.6 Å². The molecule has 0 aliphatic carbocycles. The number of benzene rings is 1. The number of carbonyl (C=O) groups excluding carboxylic acids is 1. The average Bonchev–Trinajstić information content (AvgIpc) is 2.75. The van der Waals surface area contributed by atoms with E-state index >= 15 is 0 Å². The van der Waals surface area contributed by atoms with Gasteiger partial charge in [0.2, 0.25) is 0 Å². The summed E-state index contributed by atoms with van der Waals surface area (Å²) in [6, 6.07) is 7.52. The average molecular weight is 284 g/mol. The zero-order valence-corrected chi connectivity index (χ0v) is 10.8. The summed E-state index contributed by atoms with van der Waals surface area (Å²) >= 11 is 7.17. The number of amides is 1. The van der Waals surface area contributed by atoms with E-state index in [1.807, 2.05) is 6.07 Å². The van der Waals surface area contributed by atoms with Crippen molar-refractivity contribution in [3.63, 3.8) is 0 Å². The molecule has 0 bridgehead atoms. The van der Waals surface area contributed by atoms with E-state index in [-0.39, 0.29) is 23.0 Å². The van der Waals surface area contributed by atoms with Gasteiger partial charge in [-0.25, -0.2) is 0 Å². The molecule has 18 heavy (non-hydrogen) atoms. The molecule has 0 fully saturated rings. The van der Waals surface area contributed by atoms with Crippen LogP contribution in [0, 0.1) is 0 Å². The molecule has 1 aromatic carbocycles. The molecule has 1 amide bonds. The van der Waals surface area contributed by atoms with Gasteiger partial charge in [-0.3, -0.25) is 4.79 Å². The number of aromatic hydroxyl groups is 2. The van der Waals surface area contributed by atoms with Crippen LogP contribution in [0.1, 0.15) is 15.2 Å². The molecule has 6 heteroatoms. The van der Waals surface area contributed by atoms with Gasteiger partial charge in [0.1, 0.15) is 0 Å². The molecule has 0 spiro atoms. The molecule has 0 saturated heterocycles. The van der Waals surface area contributed by atoms with Crippen LogP contribution in [0.15, 0.2) is 30.3 Å². The van der Waals surface area contributed by atoms with Crippen molar-refractivity contribution in [2.24, 2.45) is 0 Å². The number of phenolic OH excluding ortho intramolecular Hbond substituents is 2. The Kier molecular flexibility index (Phi) is 3.74. The second kappa shape index (κ2) is 5.29. The van der Waals surface area contributed by atoms with Crippen molar-refractivity contribution in [1.29, 1.82) is 0 Å². The molecular formula is C12H10ClNO3S. The van der Waals surface area contributed by atoms with Gasteiger partial charge in [0.15, 0.2) is 11.5 Å². The number of nitrogens with one attached hydrogen (secondary N) is 1. The molecule has 0 atom stereocenters. The second-order valence-corrected chi connectivity index (χ2v) is 5.39. The van der Waals surface area contributed by atoms with Crippen LogP contribution in [0.2, 0.25) is 4.34 Å². The summed E-state index contributed by atoms with van der Waals surface area (Å²) in [6.07, 6.45) is 0. The highest BCUT2D eigenvalue weighted by Crippen LogP contribution is 2.25. The van der Waals surface area contributed by atoms with Crippen LogP contribution in [0.5, 0.6) is 11.5 Å². The molecule has 4 nitrogen and oxygen atoms in total. The van der Waals surface area contributed by atoms with Gasteiger partial charge < -0.3 is 15.5 Å². The van der Waals surface area contributed by atoms with Crippen molar-refractivity contribution >= 4 is 28.8 Å². The standard InChI is InChI=1S/C12H10ClNO3S/c13-11-4-2-8(18-11)6-14-12(17)7-1-3-9(15)10(16)5-7/h1-5,15-16H,6H2,(H,14,17). The lowest BCUT2D eigenvalue weighted by atomic mass is 10.2. The number of carbonyl (C=O) groups is 1. The van der Waals surface area contributed by atoms with Crippen LogP contribution in [-0.4, -0.2) is 16.1 Å². The summed E-state index contributed by atoms with van der Waals surface area (Å²) < 4.78 is 0.668. The first kappa shape index (κ1) is 12.7. The van der Waals surface area contributed by atoms with Crippen LogP contribution < -0.4 is 5.32 Å². The van der Waals surface area contributed by atoms with Crippen molar-refractivity contribution in [2.75, 3.05) is 0 Å². The number of halogens is 1. The second-order valence-electron chi connectivity index (χ2n) is 3.59. The molecule has 3 N–H and O–H groups in total. The summed E-state index contributed by atoms with van der Waals surface area (Å²) in [5.41, 5.74) is 0.285. The fraction of sp³-hybridized carbons (Fsp3) is 0.0833. The third-order valence-electron chi connectivity index (χ3n) is 2.29. The summed E-state index contributed by atoms with van der Waals surface area (Å²) in [7, 11) is 0. The molecule has 2 rings (SSSR count). The van der Waals surface area contributed by atoms with E-state index < -0.39 is 0 Å². The Morgan fingerprint density at radius 2 is 2.00 bits per heavy atom. The number of rotatable bonds is 3. The number of hydrogen-bond acceptors (Lipinski definition) is 4. The molecule has 0 radical (unpaired) electrons. The van der Waals surface area contributed by atoms with Gasteiger partial charge in [0, 0.05) is 10.4 Å². The van der Waals surface area contributed by atoms with Gasteiger partial charge in [-0.1, -0.05) is 11.6 Å². The Balaban J connectivity index is 2.01. The molecule has 2 aromatic rings. The summed E-state index contributed by atoms with van der Waals surface area (Å²) in [5, 5.41) is 21.1. The smallest absolute Gasteiger partial charge is 0.251 e. The van der Waals surface area contributed by atoms with E-state index in [4.69, 9.17) is 16.7 Å². The minimum absolute atomic E-state index is 0.253. The highest BCUT2D eigenvalue weighted by molar-refractivity contribution is 7.16. The highest BCUT2D eigenvalue weighted by atomic mass is 35.5. The first-order chi connectivity index (χ1) is 8.56. The summed E-state index contributed by atoms with van der Waals surface area (Å²) in [4.78, 5) is 12.7. The van der Waals surface area contributed by atoms with Crippen LogP contribution >= 0.6 is 22.9 Å². The van der Waals surface area contributed by atoms with Crippen molar-refractivity contribution in [1.82, 2.24) is 5.32 Å². The minimum atomic E-state index is -0.324. The lowest BCUT2D eigenvalue weighted by Crippen LogP contribution is -2.22. The van der Waals surface area contributed by atoms with Crippen LogP contribution in [0.25, 0.3) is 0 Å². The van der Waals surface area contributed by atoms with E-state index in [1.165, 1.54) is 29.5 Å². The molecule has 0 saturated carbocycles. The first-order valence-corrected chi connectivity index (χ1v) is 6.30. The number of hydrogen-bond donors (Lipinski definition) is 3. The van der Waals surface area contributed by atoms with Crippen LogP contribution in [0.3, 0.4) is 0 Å². The predicted octanol–water partition coefficient (Wildman–Crippen LogP) is 2.74. The van der Waals surface area contributed by atoms with E-state index in [0.29, 0.717) is 10.9 Å². The summed E-state index contributed by atoms with van der Waals surface area (Å²) in [5.74, 6) is -0.895. The van der Waals surface area contributed by atoms with Crippen molar-refractivity contribution in [3.05, 3.63) is 45.1 Å². The molecule has 1 aromatic heterocycles. The van der Waals surface area contributed by atoms with E-state index in [0.717, 1.165) is 4.88 Å². The van der Waals surface area contributed by atoms with E-state index in [9.17, 15) is 9.90 Å². The van der Waals surface area contributed by atoms with Gasteiger partial charge in [-0.15, -0.1) is 11.3 Å². The zero-order chi connectivity index (χ0) is 13.1. The Labute approximate surface area is 112 Å². The molecule has 1 heterocycles. The maximum Gasteiger partial charge on any atom is 0.251 e. The van der Waals surface area contributed by atoms with Gasteiger partial charge in [0.05, 0.1) is 10.9 Å². The lowest BCUT2D eigenvalue weighted by Gasteiger charge is -2.04. The van der Waals surface area contributed by atoms with E-state index in [2.05, 4.69) is 5.32 Å². The van der Waals surface area contributed by atoms with Crippen molar-refractivity contribution in [2.45, 2.75) is 6.54 Å². The lowest BCUT2D eigenvalue weighted by molar-refractivity contribution is 0.0951. The maximum absolute atomic E-state index is 11.8. The fourth-order valence-corrected chi connectivity index (χ4v) is 2.41. The Bertz CT molecular complexity index is 582. The molecule has 0 aliphatic heterocycles. The van der Waals surface area contributed by atoms with Crippen molar-refractivity contribution in [3.8, 4) is 11.5 Å². The SMILES string of the molecule is O=C(NCc1ccc(Cl)s1)c1ccc(O)c(O)c1.